The van der Waals surface area contributed by atoms with E-state index in [0.29, 0.717) is 19.6 Å². The second kappa shape index (κ2) is 5.18. The van der Waals surface area contributed by atoms with Crippen molar-refractivity contribution < 1.29 is 14.3 Å². The summed E-state index contributed by atoms with van der Waals surface area (Å²) >= 11 is 1.48. The molecule has 2 aliphatic heterocycles. The highest BCUT2D eigenvalue weighted by molar-refractivity contribution is 7.12. The molecule has 1 spiro atoms. The Hall–Kier alpha value is -1.40. The number of likely N-dealkylation sites (N-methyl/N-ethyl adjacent to an activating group) is 1. The normalized spacial score (nSPS) is 22.4. The molecule has 0 aliphatic carbocycles. The highest BCUT2D eigenvalue weighted by Gasteiger charge is 2.42. The first-order chi connectivity index (χ1) is 9.60. The van der Waals surface area contributed by atoms with Gasteiger partial charge in [-0.3, -0.25) is 9.59 Å². The second-order valence-electron chi connectivity index (χ2n) is 5.49. The summed E-state index contributed by atoms with van der Waals surface area (Å²) in [5, 5.41) is 1.92. The molecule has 5 nitrogen and oxygen atoms in total. The number of nitrogens with zero attached hydrogens (tertiary/aromatic N) is 2. The number of carbonyl (C=O) groups is 2. The minimum Gasteiger partial charge on any atom is -0.363 e. The zero-order valence-electron chi connectivity index (χ0n) is 11.5. The Bertz CT molecular complexity index is 506. The van der Waals surface area contributed by atoms with Gasteiger partial charge in [-0.05, 0) is 24.3 Å². The van der Waals surface area contributed by atoms with Gasteiger partial charge in [-0.1, -0.05) is 6.07 Å². The molecule has 2 amide bonds. The Morgan fingerprint density at radius 2 is 2.15 bits per heavy atom. The van der Waals surface area contributed by atoms with Crippen LogP contribution in [0.5, 0.6) is 0 Å². The zero-order chi connectivity index (χ0) is 14.2. The number of hydrogen-bond acceptors (Lipinski definition) is 4. The predicted molar refractivity (Wildman–Crippen MR) is 75.8 cm³/mol. The SMILES string of the molecule is CN1CC2(CCN(C(=O)c3cccs3)CC2)OCC1=O. The first-order valence-electron chi connectivity index (χ1n) is 6.80. The van der Waals surface area contributed by atoms with Crippen LogP contribution in [0.3, 0.4) is 0 Å². The molecule has 2 fully saturated rings. The van der Waals surface area contributed by atoms with Gasteiger partial charge in [0.15, 0.2) is 0 Å². The molecule has 6 heteroatoms. The van der Waals surface area contributed by atoms with Crippen molar-refractivity contribution in [3.05, 3.63) is 22.4 Å². The first kappa shape index (κ1) is 13.6. The molecule has 1 aromatic rings. The lowest BCUT2D eigenvalue weighted by molar-refractivity contribution is -0.167. The lowest BCUT2D eigenvalue weighted by Crippen LogP contribution is -2.58. The fraction of sp³-hybridized carbons (Fsp3) is 0.571. The van der Waals surface area contributed by atoms with E-state index in [9.17, 15) is 9.59 Å². The number of amides is 2. The van der Waals surface area contributed by atoms with Gasteiger partial charge in [0.25, 0.3) is 5.91 Å². The average molecular weight is 294 g/mol. The van der Waals surface area contributed by atoms with Crippen LogP contribution >= 0.6 is 11.3 Å². The highest BCUT2D eigenvalue weighted by atomic mass is 32.1. The van der Waals surface area contributed by atoms with E-state index in [1.807, 2.05) is 29.5 Å². The Morgan fingerprint density at radius 3 is 2.75 bits per heavy atom. The molecule has 0 aromatic carbocycles. The van der Waals surface area contributed by atoms with E-state index in [4.69, 9.17) is 4.74 Å². The van der Waals surface area contributed by atoms with Crippen LogP contribution in [0.2, 0.25) is 0 Å². The van der Waals surface area contributed by atoms with Gasteiger partial charge in [0.2, 0.25) is 5.91 Å². The lowest BCUT2D eigenvalue weighted by atomic mass is 9.89. The van der Waals surface area contributed by atoms with Crippen LogP contribution in [0.25, 0.3) is 0 Å². The van der Waals surface area contributed by atoms with Crippen LogP contribution in [0, 0.1) is 0 Å². The maximum atomic E-state index is 12.3. The number of carbonyl (C=O) groups excluding carboxylic acids is 2. The summed E-state index contributed by atoms with van der Waals surface area (Å²) in [4.78, 5) is 28.2. The number of ether oxygens (including phenoxy) is 1. The van der Waals surface area contributed by atoms with Crippen LogP contribution in [0.1, 0.15) is 22.5 Å². The molecular formula is C14H18N2O3S. The minimum absolute atomic E-state index is 0.0349. The Kier molecular flexibility index (Phi) is 3.52. The quantitative estimate of drug-likeness (QED) is 0.782. The van der Waals surface area contributed by atoms with Gasteiger partial charge in [-0.15, -0.1) is 11.3 Å². The number of likely N-dealkylation sites (tertiary alicyclic amines) is 1. The van der Waals surface area contributed by atoms with Gasteiger partial charge in [0, 0.05) is 26.7 Å². The van der Waals surface area contributed by atoms with Crippen LogP contribution in [-0.2, 0) is 9.53 Å². The molecule has 1 aromatic heterocycles. The van der Waals surface area contributed by atoms with E-state index in [1.54, 1.807) is 4.90 Å². The number of thiophene rings is 1. The van der Waals surface area contributed by atoms with E-state index >= 15 is 0 Å². The van der Waals surface area contributed by atoms with Crippen LogP contribution in [0.4, 0.5) is 0 Å². The van der Waals surface area contributed by atoms with Gasteiger partial charge in [-0.2, -0.15) is 0 Å². The van der Waals surface area contributed by atoms with Crippen molar-refractivity contribution in [1.29, 1.82) is 0 Å². The van der Waals surface area contributed by atoms with E-state index in [2.05, 4.69) is 0 Å². The number of rotatable bonds is 1. The van der Waals surface area contributed by atoms with Gasteiger partial charge in [0.1, 0.15) is 6.61 Å². The van der Waals surface area contributed by atoms with E-state index < -0.39 is 0 Å². The average Bonchev–Trinajstić information content (AvgIpc) is 2.98. The molecule has 20 heavy (non-hydrogen) atoms. The van der Waals surface area contributed by atoms with Gasteiger partial charge in [0.05, 0.1) is 10.5 Å². The predicted octanol–water partition coefficient (Wildman–Crippen LogP) is 1.21. The molecule has 0 bridgehead atoms. The molecule has 2 aliphatic rings. The number of piperidine rings is 1. The van der Waals surface area contributed by atoms with Crippen molar-refractivity contribution >= 4 is 23.2 Å². The molecule has 2 saturated heterocycles. The maximum absolute atomic E-state index is 12.3. The Labute approximate surface area is 122 Å². The van der Waals surface area contributed by atoms with E-state index in [-0.39, 0.29) is 24.0 Å². The molecular weight excluding hydrogens is 276 g/mol. The summed E-state index contributed by atoms with van der Waals surface area (Å²) in [6.45, 7) is 2.18. The Morgan fingerprint density at radius 1 is 1.40 bits per heavy atom. The van der Waals surface area contributed by atoms with Crippen molar-refractivity contribution in [1.82, 2.24) is 9.80 Å². The lowest BCUT2D eigenvalue weighted by Gasteiger charge is -2.46. The molecule has 0 radical (unpaired) electrons. The summed E-state index contributed by atoms with van der Waals surface area (Å²) in [7, 11) is 1.82. The topological polar surface area (TPSA) is 49.9 Å². The molecule has 0 unspecified atom stereocenters. The highest BCUT2D eigenvalue weighted by Crippen LogP contribution is 2.30. The molecule has 0 saturated carbocycles. The fourth-order valence-corrected chi connectivity index (χ4v) is 3.56. The zero-order valence-corrected chi connectivity index (χ0v) is 12.3. The van der Waals surface area contributed by atoms with Gasteiger partial charge in [-0.25, -0.2) is 0 Å². The second-order valence-corrected chi connectivity index (χ2v) is 6.44. The molecule has 3 rings (SSSR count). The summed E-state index contributed by atoms with van der Waals surface area (Å²) < 4.78 is 5.78. The van der Waals surface area contributed by atoms with E-state index in [0.717, 1.165) is 17.7 Å². The number of hydrogen-bond donors (Lipinski definition) is 0. The van der Waals surface area contributed by atoms with Crippen LogP contribution in [-0.4, -0.2) is 60.5 Å². The largest absolute Gasteiger partial charge is 0.363 e. The smallest absolute Gasteiger partial charge is 0.263 e. The summed E-state index contributed by atoms with van der Waals surface area (Å²) in [5.41, 5.74) is -0.255. The monoisotopic (exact) mass is 294 g/mol. The van der Waals surface area contributed by atoms with Crippen molar-refractivity contribution in [2.24, 2.45) is 0 Å². The molecule has 108 valence electrons. The van der Waals surface area contributed by atoms with Gasteiger partial charge < -0.3 is 14.5 Å². The van der Waals surface area contributed by atoms with Crippen molar-refractivity contribution in [2.45, 2.75) is 18.4 Å². The fourth-order valence-electron chi connectivity index (χ4n) is 2.87. The minimum atomic E-state index is -0.255. The summed E-state index contributed by atoms with van der Waals surface area (Å²) in [6.07, 6.45) is 1.59. The first-order valence-corrected chi connectivity index (χ1v) is 7.68. The third-order valence-electron chi connectivity index (χ3n) is 4.15. The molecule has 3 heterocycles. The van der Waals surface area contributed by atoms with Crippen LogP contribution < -0.4 is 0 Å². The molecule has 0 N–H and O–H groups in total. The van der Waals surface area contributed by atoms with E-state index in [1.165, 1.54) is 11.3 Å². The maximum Gasteiger partial charge on any atom is 0.263 e. The third-order valence-corrected chi connectivity index (χ3v) is 5.00. The van der Waals surface area contributed by atoms with Gasteiger partial charge >= 0.3 is 0 Å². The van der Waals surface area contributed by atoms with Crippen molar-refractivity contribution in [3.63, 3.8) is 0 Å². The standard InChI is InChI=1S/C14H18N2O3S/c1-15-10-14(19-9-12(15)17)4-6-16(7-5-14)13(18)11-3-2-8-20-11/h2-3,8H,4-7,9-10H2,1H3. The summed E-state index contributed by atoms with van der Waals surface area (Å²) in [6, 6.07) is 3.76. The van der Waals surface area contributed by atoms with Crippen molar-refractivity contribution in [3.8, 4) is 0 Å². The van der Waals surface area contributed by atoms with Crippen LogP contribution in [0.15, 0.2) is 17.5 Å². The summed E-state index contributed by atoms with van der Waals surface area (Å²) in [5.74, 6) is 0.141. The van der Waals surface area contributed by atoms with Crippen molar-refractivity contribution in [2.75, 3.05) is 33.3 Å². The molecule has 0 atom stereocenters. The Balaban J connectivity index is 1.62. The third kappa shape index (κ3) is 2.45. The number of morpholine rings is 1.